The number of hydrogen-bond acceptors (Lipinski definition) is 5. The van der Waals surface area contributed by atoms with Crippen LogP contribution in [0.15, 0.2) is 24.3 Å². The number of rotatable bonds is 11. The molecule has 2 rings (SSSR count). The highest BCUT2D eigenvalue weighted by Gasteiger charge is 2.48. The SMILES string of the molecule is CCCCCNC(=O)C(c1ccc(O)cc1)N(C(=O)C(NC(=O)OC(C)(C)C)C(C)C)C1CC1C. The van der Waals surface area contributed by atoms with Crippen molar-refractivity contribution in [2.24, 2.45) is 11.8 Å². The molecule has 1 aromatic rings. The molecule has 0 heterocycles. The van der Waals surface area contributed by atoms with Gasteiger partial charge in [0.2, 0.25) is 11.8 Å². The summed E-state index contributed by atoms with van der Waals surface area (Å²) >= 11 is 0. The molecule has 0 aliphatic heterocycles. The lowest BCUT2D eigenvalue weighted by molar-refractivity contribution is -0.144. The second-order valence-electron chi connectivity index (χ2n) is 10.9. The van der Waals surface area contributed by atoms with Gasteiger partial charge in [-0.05, 0) is 63.1 Å². The van der Waals surface area contributed by atoms with Crippen molar-refractivity contribution >= 4 is 17.9 Å². The van der Waals surface area contributed by atoms with E-state index >= 15 is 0 Å². The fourth-order valence-electron chi connectivity index (χ4n) is 4.06. The van der Waals surface area contributed by atoms with Crippen LogP contribution in [0.4, 0.5) is 4.79 Å². The second-order valence-corrected chi connectivity index (χ2v) is 10.9. The van der Waals surface area contributed by atoms with Crippen molar-refractivity contribution in [3.63, 3.8) is 0 Å². The fourth-order valence-corrected chi connectivity index (χ4v) is 4.06. The lowest BCUT2D eigenvalue weighted by atomic mass is 9.98. The summed E-state index contributed by atoms with van der Waals surface area (Å²) in [7, 11) is 0. The maximum absolute atomic E-state index is 14.0. The first-order valence-electron chi connectivity index (χ1n) is 12.7. The van der Waals surface area contributed by atoms with Gasteiger partial charge in [0.1, 0.15) is 23.4 Å². The van der Waals surface area contributed by atoms with Gasteiger partial charge in [-0.3, -0.25) is 9.59 Å². The molecule has 0 aromatic heterocycles. The third-order valence-corrected chi connectivity index (χ3v) is 6.10. The molecule has 1 saturated carbocycles. The molecule has 1 fully saturated rings. The van der Waals surface area contributed by atoms with Gasteiger partial charge in [0, 0.05) is 12.6 Å². The summed E-state index contributed by atoms with van der Waals surface area (Å²) in [6.45, 7) is 13.7. The van der Waals surface area contributed by atoms with Gasteiger partial charge in [-0.15, -0.1) is 0 Å². The number of aromatic hydroxyl groups is 1. The second kappa shape index (κ2) is 12.3. The van der Waals surface area contributed by atoms with Crippen LogP contribution in [-0.4, -0.2) is 52.1 Å². The third-order valence-electron chi connectivity index (χ3n) is 6.10. The Labute approximate surface area is 209 Å². The van der Waals surface area contributed by atoms with E-state index in [9.17, 15) is 19.5 Å². The number of benzene rings is 1. The minimum atomic E-state index is -0.874. The Kier molecular flexibility index (Phi) is 9.98. The molecular weight excluding hydrogens is 446 g/mol. The summed E-state index contributed by atoms with van der Waals surface area (Å²) in [6.07, 6.45) is 3.00. The van der Waals surface area contributed by atoms with Crippen LogP contribution in [0.25, 0.3) is 0 Å². The summed E-state index contributed by atoms with van der Waals surface area (Å²) < 4.78 is 5.40. The van der Waals surface area contributed by atoms with Crippen LogP contribution in [0.2, 0.25) is 0 Å². The molecule has 8 nitrogen and oxygen atoms in total. The van der Waals surface area contributed by atoms with Crippen molar-refractivity contribution < 1.29 is 24.2 Å². The smallest absolute Gasteiger partial charge is 0.408 e. The Morgan fingerprint density at radius 3 is 2.23 bits per heavy atom. The molecular formula is C27H43N3O5. The van der Waals surface area contributed by atoms with E-state index in [2.05, 4.69) is 17.6 Å². The standard InChI is InChI=1S/C27H43N3O5/c1-8-9-10-15-28-24(32)23(19-11-13-20(31)14-12-19)30(21-16-18(21)4)25(33)22(17(2)3)29-26(34)35-27(5,6)7/h11-14,17-18,21-23,31H,8-10,15-16H2,1-7H3,(H,28,32)(H,29,34). The Balaban J connectivity index is 2.40. The van der Waals surface area contributed by atoms with E-state index in [4.69, 9.17) is 4.74 Å². The van der Waals surface area contributed by atoms with Crippen LogP contribution < -0.4 is 10.6 Å². The molecule has 0 radical (unpaired) electrons. The summed E-state index contributed by atoms with van der Waals surface area (Å²) in [4.78, 5) is 41.7. The zero-order valence-corrected chi connectivity index (χ0v) is 22.3. The predicted molar refractivity (Wildman–Crippen MR) is 136 cm³/mol. The number of amides is 3. The quantitative estimate of drug-likeness (QED) is 0.396. The van der Waals surface area contributed by atoms with E-state index in [0.29, 0.717) is 12.1 Å². The van der Waals surface area contributed by atoms with Crippen molar-refractivity contribution in [1.29, 1.82) is 0 Å². The largest absolute Gasteiger partial charge is 0.508 e. The van der Waals surface area contributed by atoms with Gasteiger partial charge in [0.15, 0.2) is 0 Å². The normalized spacial score (nSPS) is 19.0. The van der Waals surface area contributed by atoms with E-state index in [-0.39, 0.29) is 35.4 Å². The van der Waals surface area contributed by atoms with Crippen molar-refractivity contribution in [1.82, 2.24) is 15.5 Å². The number of carbonyl (C=O) groups excluding carboxylic acids is 3. The monoisotopic (exact) mass is 489 g/mol. The van der Waals surface area contributed by atoms with E-state index in [1.165, 1.54) is 12.1 Å². The summed E-state index contributed by atoms with van der Waals surface area (Å²) in [5.74, 6) is -0.485. The molecule has 4 atom stereocenters. The molecule has 1 aromatic carbocycles. The maximum atomic E-state index is 14.0. The van der Waals surface area contributed by atoms with Gasteiger partial charge in [0.25, 0.3) is 0 Å². The first-order chi connectivity index (χ1) is 16.4. The highest BCUT2D eigenvalue weighted by molar-refractivity contribution is 5.92. The molecule has 35 heavy (non-hydrogen) atoms. The van der Waals surface area contributed by atoms with E-state index in [0.717, 1.165) is 25.7 Å². The predicted octanol–water partition coefficient (Wildman–Crippen LogP) is 4.53. The highest BCUT2D eigenvalue weighted by atomic mass is 16.6. The van der Waals surface area contributed by atoms with E-state index in [1.807, 2.05) is 20.8 Å². The number of carbonyl (C=O) groups is 3. The van der Waals surface area contributed by atoms with E-state index in [1.54, 1.807) is 37.8 Å². The molecule has 1 aliphatic carbocycles. The third kappa shape index (κ3) is 8.44. The Morgan fingerprint density at radius 2 is 1.74 bits per heavy atom. The molecule has 0 spiro atoms. The van der Waals surface area contributed by atoms with Crippen LogP contribution in [0.3, 0.4) is 0 Å². The molecule has 3 N–H and O–H groups in total. The number of phenols is 1. The average Bonchev–Trinajstić information content (AvgIpc) is 3.47. The number of ether oxygens (including phenoxy) is 1. The van der Waals surface area contributed by atoms with E-state index < -0.39 is 23.8 Å². The van der Waals surface area contributed by atoms with Crippen molar-refractivity contribution in [2.75, 3.05) is 6.54 Å². The van der Waals surface area contributed by atoms with Crippen LogP contribution in [-0.2, 0) is 14.3 Å². The molecule has 1 aliphatic rings. The maximum Gasteiger partial charge on any atom is 0.408 e. The molecule has 0 saturated heterocycles. The summed E-state index contributed by atoms with van der Waals surface area (Å²) in [6, 6.07) is 4.53. The minimum absolute atomic E-state index is 0.0835. The van der Waals surface area contributed by atoms with Crippen LogP contribution in [0, 0.1) is 11.8 Å². The summed E-state index contributed by atoms with van der Waals surface area (Å²) in [5.41, 5.74) is -0.0882. The van der Waals surface area contributed by atoms with Crippen molar-refractivity contribution in [3.05, 3.63) is 29.8 Å². The highest BCUT2D eigenvalue weighted by Crippen LogP contribution is 2.41. The zero-order chi connectivity index (χ0) is 26.3. The molecule has 4 unspecified atom stereocenters. The fraction of sp³-hybridized carbons (Fsp3) is 0.667. The van der Waals surface area contributed by atoms with Gasteiger partial charge in [0.05, 0.1) is 0 Å². The van der Waals surface area contributed by atoms with Gasteiger partial charge < -0.3 is 25.4 Å². The number of hydrogen-bond donors (Lipinski definition) is 3. The molecule has 196 valence electrons. The zero-order valence-electron chi connectivity index (χ0n) is 22.3. The molecule has 0 bridgehead atoms. The van der Waals surface area contributed by atoms with Gasteiger partial charge in [-0.1, -0.05) is 52.7 Å². The number of phenolic OH excluding ortho intramolecular Hbond substituents is 1. The van der Waals surface area contributed by atoms with Gasteiger partial charge in [-0.2, -0.15) is 0 Å². The molecule has 8 heteroatoms. The number of alkyl carbamates (subject to hydrolysis) is 1. The number of nitrogens with zero attached hydrogens (tertiary/aromatic N) is 1. The topological polar surface area (TPSA) is 108 Å². The van der Waals surface area contributed by atoms with Crippen LogP contribution >= 0.6 is 0 Å². The summed E-state index contributed by atoms with van der Waals surface area (Å²) in [5, 5.41) is 15.5. The van der Waals surface area contributed by atoms with Crippen LogP contribution in [0.1, 0.15) is 85.8 Å². The van der Waals surface area contributed by atoms with Crippen molar-refractivity contribution in [3.8, 4) is 5.75 Å². The first kappa shape index (κ1) is 28.5. The van der Waals surface area contributed by atoms with Gasteiger partial charge in [-0.25, -0.2) is 4.79 Å². The lowest BCUT2D eigenvalue weighted by Crippen LogP contribution is -2.55. The first-order valence-corrected chi connectivity index (χ1v) is 12.7. The average molecular weight is 490 g/mol. The lowest BCUT2D eigenvalue weighted by Gasteiger charge is -2.36. The Hall–Kier alpha value is -2.77. The Bertz CT molecular complexity index is 863. The Morgan fingerprint density at radius 1 is 1.14 bits per heavy atom. The molecule has 3 amide bonds. The van der Waals surface area contributed by atoms with Crippen molar-refractivity contribution in [2.45, 2.75) is 97.9 Å². The number of nitrogens with one attached hydrogen (secondary N) is 2. The minimum Gasteiger partial charge on any atom is -0.508 e. The van der Waals surface area contributed by atoms with Gasteiger partial charge >= 0.3 is 6.09 Å². The number of unbranched alkanes of at least 4 members (excludes halogenated alkanes) is 2. The van der Waals surface area contributed by atoms with Crippen LogP contribution in [0.5, 0.6) is 5.75 Å².